The zero-order valence-electron chi connectivity index (χ0n) is 13.0. The summed E-state index contributed by atoms with van der Waals surface area (Å²) in [5.74, 6) is 0. The molecule has 0 saturated heterocycles. The van der Waals surface area contributed by atoms with E-state index in [0.717, 1.165) is 6.54 Å². The summed E-state index contributed by atoms with van der Waals surface area (Å²) in [6, 6.07) is 0.589. The van der Waals surface area contributed by atoms with Gasteiger partial charge in [0.25, 0.3) is 0 Å². The highest BCUT2D eigenvalue weighted by atomic mass is 15.1. The molecule has 0 fully saturated rings. The van der Waals surface area contributed by atoms with Gasteiger partial charge in [-0.1, -0.05) is 48.0 Å². The van der Waals surface area contributed by atoms with E-state index >= 15 is 0 Å². The van der Waals surface area contributed by atoms with E-state index < -0.39 is 0 Å². The fraction of sp³-hybridized carbons (Fsp3) is 1.00. The van der Waals surface area contributed by atoms with Gasteiger partial charge in [-0.3, -0.25) is 0 Å². The largest absolute Gasteiger partial charge is 0.314 e. The van der Waals surface area contributed by atoms with Crippen LogP contribution in [0.5, 0.6) is 0 Å². The monoisotopic (exact) mass is 242 g/mol. The lowest BCUT2D eigenvalue weighted by molar-refractivity contribution is 0.156. The Morgan fingerprint density at radius 2 is 1.82 bits per heavy atom. The van der Waals surface area contributed by atoms with Gasteiger partial charge in [-0.2, -0.15) is 0 Å². The molecule has 0 aliphatic heterocycles. The van der Waals surface area contributed by atoms with E-state index in [9.17, 15) is 0 Å². The van der Waals surface area contributed by atoms with Crippen LogP contribution in [0.3, 0.4) is 0 Å². The molecule has 1 unspecified atom stereocenters. The molecule has 1 N–H and O–H groups in total. The van der Waals surface area contributed by atoms with Crippen molar-refractivity contribution in [2.45, 2.75) is 66.8 Å². The van der Waals surface area contributed by atoms with Gasteiger partial charge < -0.3 is 10.2 Å². The molecule has 2 heteroatoms. The summed E-state index contributed by atoms with van der Waals surface area (Å²) in [6.45, 7) is 18.5. The van der Waals surface area contributed by atoms with Gasteiger partial charge in [0.2, 0.25) is 0 Å². The maximum absolute atomic E-state index is 3.60. The Morgan fingerprint density at radius 1 is 1.18 bits per heavy atom. The first-order valence-electron chi connectivity index (χ1n) is 7.43. The maximum Gasteiger partial charge on any atom is 0.00473 e. The van der Waals surface area contributed by atoms with Gasteiger partial charge in [0.1, 0.15) is 0 Å². The Labute approximate surface area is 109 Å². The molecule has 0 aliphatic carbocycles. The minimum Gasteiger partial charge on any atom is -0.314 e. The van der Waals surface area contributed by atoms with Crippen molar-refractivity contribution in [3.8, 4) is 0 Å². The molecule has 0 saturated carbocycles. The summed E-state index contributed by atoms with van der Waals surface area (Å²) < 4.78 is 0. The number of nitrogens with zero attached hydrogens (tertiary/aromatic N) is 1. The van der Waals surface area contributed by atoms with Gasteiger partial charge in [-0.15, -0.1) is 0 Å². The zero-order valence-corrected chi connectivity index (χ0v) is 13.0. The highest BCUT2D eigenvalue weighted by Gasteiger charge is 2.24. The van der Waals surface area contributed by atoms with Crippen molar-refractivity contribution < 1.29 is 0 Å². The van der Waals surface area contributed by atoms with Crippen LogP contribution in [-0.4, -0.2) is 37.1 Å². The molecule has 17 heavy (non-hydrogen) atoms. The highest BCUT2D eigenvalue weighted by molar-refractivity contribution is 4.80. The van der Waals surface area contributed by atoms with Crippen LogP contribution in [0.1, 0.15) is 60.8 Å². The Hall–Kier alpha value is -0.0800. The van der Waals surface area contributed by atoms with Crippen molar-refractivity contribution >= 4 is 0 Å². The van der Waals surface area contributed by atoms with Crippen molar-refractivity contribution in [2.24, 2.45) is 5.41 Å². The quantitative estimate of drug-likeness (QED) is 0.630. The van der Waals surface area contributed by atoms with Gasteiger partial charge in [-0.05, 0) is 31.3 Å². The fourth-order valence-electron chi connectivity index (χ4n) is 2.01. The van der Waals surface area contributed by atoms with Gasteiger partial charge in [0.15, 0.2) is 0 Å². The van der Waals surface area contributed by atoms with Crippen LogP contribution in [0.4, 0.5) is 0 Å². The summed E-state index contributed by atoms with van der Waals surface area (Å²) in [5.41, 5.74) is 0.411. The molecule has 0 rings (SSSR count). The van der Waals surface area contributed by atoms with E-state index in [-0.39, 0.29) is 0 Å². The lowest BCUT2D eigenvalue weighted by atomic mass is 9.86. The van der Waals surface area contributed by atoms with Gasteiger partial charge in [0, 0.05) is 19.1 Å². The minimum atomic E-state index is 0.411. The predicted molar refractivity (Wildman–Crippen MR) is 78.6 cm³/mol. The summed E-state index contributed by atoms with van der Waals surface area (Å²) in [5, 5.41) is 3.60. The van der Waals surface area contributed by atoms with Crippen molar-refractivity contribution in [1.29, 1.82) is 0 Å². The van der Waals surface area contributed by atoms with Crippen molar-refractivity contribution in [2.75, 3.05) is 26.2 Å². The summed E-state index contributed by atoms with van der Waals surface area (Å²) >= 11 is 0. The second-order valence-electron chi connectivity index (χ2n) is 5.92. The van der Waals surface area contributed by atoms with Crippen molar-refractivity contribution in [3.63, 3.8) is 0 Å². The third-order valence-corrected chi connectivity index (χ3v) is 3.67. The van der Waals surface area contributed by atoms with E-state index in [1.807, 2.05) is 0 Å². The normalized spacial score (nSPS) is 15.5. The van der Waals surface area contributed by atoms with Crippen LogP contribution < -0.4 is 5.32 Å². The first-order chi connectivity index (χ1) is 7.97. The van der Waals surface area contributed by atoms with Gasteiger partial charge in [0.05, 0.1) is 0 Å². The average molecular weight is 242 g/mol. The lowest BCUT2D eigenvalue weighted by Gasteiger charge is -2.35. The average Bonchev–Trinajstić information content (AvgIpc) is 2.32. The van der Waals surface area contributed by atoms with Crippen LogP contribution >= 0.6 is 0 Å². The molecule has 0 spiro atoms. The van der Waals surface area contributed by atoms with Gasteiger partial charge >= 0.3 is 0 Å². The number of rotatable bonds is 10. The van der Waals surface area contributed by atoms with E-state index in [4.69, 9.17) is 0 Å². The van der Waals surface area contributed by atoms with Crippen LogP contribution in [0.2, 0.25) is 0 Å². The Kier molecular flexibility index (Phi) is 8.89. The number of nitrogens with one attached hydrogen (secondary N) is 1. The number of hydrogen-bond donors (Lipinski definition) is 1. The standard InChI is InChI=1S/C15H34N2/c1-7-10-11-17(9-3)13-15(6,8-2)12-16-14(4)5/h14,16H,7-13H2,1-6H3. The molecule has 0 heterocycles. The summed E-state index contributed by atoms with van der Waals surface area (Å²) in [7, 11) is 0. The molecule has 0 radical (unpaired) electrons. The Morgan fingerprint density at radius 3 is 2.24 bits per heavy atom. The maximum atomic E-state index is 3.60. The van der Waals surface area contributed by atoms with Crippen LogP contribution in [0.25, 0.3) is 0 Å². The van der Waals surface area contributed by atoms with Gasteiger partial charge in [-0.25, -0.2) is 0 Å². The molecule has 0 aromatic rings. The van der Waals surface area contributed by atoms with Crippen LogP contribution in [0.15, 0.2) is 0 Å². The van der Waals surface area contributed by atoms with Crippen LogP contribution in [0, 0.1) is 5.41 Å². The second-order valence-corrected chi connectivity index (χ2v) is 5.92. The van der Waals surface area contributed by atoms with Crippen LogP contribution in [-0.2, 0) is 0 Å². The van der Waals surface area contributed by atoms with E-state index in [0.29, 0.717) is 11.5 Å². The van der Waals surface area contributed by atoms with E-state index in [1.165, 1.54) is 38.9 Å². The molecule has 104 valence electrons. The molecule has 2 nitrogen and oxygen atoms in total. The lowest BCUT2D eigenvalue weighted by Crippen LogP contribution is -2.43. The fourth-order valence-corrected chi connectivity index (χ4v) is 2.01. The number of unbranched alkanes of at least 4 members (excludes halogenated alkanes) is 1. The Bertz CT molecular complexity index is 180. The molecule has 1 atom stereocenters. The SMILES string of the molecule is CCCCN(CC)CC(C)(CC)CNC(C)C. The first kappa shape index (κ1) is 16.9. The molecular weight excluding hydrogens is 208 g/mol. The number of hydrogen-bond acceptors (Lipinski definition) is 2. The topological polar surface area (TPSA) is 15.3 Å². The van der Waals surface area contributed by atoms with E-state index in [1.54, 1.807) is 0 Å². The molecule has 0 aliphatic rings. The highest BCUT2D eigenvalue weighted by Crippen LogP contribution is 2.22. The first-order valence-corrected chi connectivity index (χ1v) is 7.43. The molecule has 0 bridgehead atoms. The second kappa shape index (κ2) is 8.93. The minimum absolute atomic E-state index is 0.411. The van der Waals surface area contributed by atoms with Crippen molar-refractivity contribution in [1.82, 2.24) is 10.2 Å². The molecule has 0 aromatic carbocycles. The molecular formula is C15H34N2. The summed E-state index contributed by atoms with van der Waals surface area (Å²) in [4.78, 5) is 2.61. The third-order valence-electron chi connectivity index (χ3n) is 3.67. The predicted octanol–water partition coefficient (Wildman–Crippen LogP) is 3.52. The smallest absolute Gasteiger partial charge is 0.00473 e. The summed E-state index contributed by atoms with van der Waals surface area (Å²) in [6.07, 6.45) is 3.87. The third kappa shape index (κ3) is 7.77. The molecule has 0 aromatic heterocycles. The van der Waals surface area contributed by atoms with E-state index in [2.05, 4.69) is 51.8 Å². The van der Waals surface area contributed by atoms with Crippen molar-refractivity contribution in [3.05, 3.63) is 0 Å². The Balaban J connectivity index is 4.21. The molecule has 0 amide bonds. The zero-order chi connectivity index (χ0) is 13.3.